The van der Waals surface area contributed by atoms with Crippen molar-refractivity contribution in [3.05, 3.63) is 93.2 Å². The maximum absolute atomic E-state index is 12.7. The molecular formula is C20H18BrNO. The molecule has 0 fully saturated rings. The van der Waals surface area contributed by atoms with Crippen LogP contribution in [0.15, 0.2) is 65.1 Å². The zero-order valence-electron chi connectivity index (χ0n) is 13.2. The fourth-order valence-corrected chi connectivity index (χ4v) is 3.07. The fraction of sp³-hybridized carbons (Fsp3) is 0.150. The molecule has 3 rings (SSSR count). The third-order valence-electron chi connectivity index (χ3n) is 4.10. The Balaban J connectivity index is 1.89. The van der Waals surface area contributed by atoms with Crippen molar-refractivity contribution in [2.45, 2.75) is 13.3 Å². The Kier molecular flexibility index (Phi) is 4.49. The van der Waals surface area contributed by atoms with Gasteiger partial charge in [-0.05, 0) is 30.7 Å². The molecule has 0 aliphatic rings. The molecule has 0 radical (unpaired) electrons. The van der Waals surface area contributed by atoms with Crippen LogP contribution in [0.5, 0.6) is 0 Å². The van der Waals surface area contributed by atoms with E-state index in [2.05, 4.69) is 22.0 Å². The summed E-state index contributed by atoms with van der Waals surface area (Å²) in [6, 6.07) is 19.8. The number of carbonyl (C=O) groups is 1. The summed E-state index contributed by atoms with van der Waals surface area (Å²) < 4.78 is 3.08. The summed E-state index contributed by atoms with van der Waals surface area (Å²) >= 11 is 3.58. The number of aryl methyl sites for hydroxylation is 1. The van der Waals surface area contributed by atoms with E-state index in [-0.39, 0.29) is 5.78 Å². The van der Waals surface area contributed by atoms with Crippen LogP contribution >= 0.6 is 15.9 Å². The molecule has 23 heavy (non-hydrogen) atoms. The van der Waals surface area contributed by atoms with Crippen molar-refractivity contribution in [3.63, 3.8) is 0 Å². The molecule has 1 aromatic heterocycles. The van der Waals surface area contributed by atoms with Gasteiger partial charge in [-0.25, -0.2) is 0 Å². The molecule has 0 atom stereocenters. The standard InChI is InChI=1S/C20H18BrNO/c1-14-7-9-15(10-8-14)20(23)19-12-11-17(22(19)2)13-16-5-3-4-6-18(16)21/h3-12H,13H2,1-2H3. The highest BCUT2D eigenvalue weighted by molar-refractivity contribution is 9.10. The highest BCUT2D eigenvalue weighted by Crippen LogP contribution is 2.21. The molecule has 0 saturated carbocycles. The van der Waals surface area contributed by atoms with Gasteiger partial charge < -0.3 is 4.57 Å². The zero-order valence-corrected chi connectivity index (χ0v) is 14.8. The van der Waals surface area contributed by atoms with E-state index in [9.17, 15) is 4.79 Å². The molecule has 2 nitrogen and oxygen atoms in total. The van der Waals surface area contributed by atoms with Gasteiger partial charge in [0, 0.05) is 29.2 Å². The van der Waals surface area contributed by atoms with Crippen LogP contribution in [0.25, 0.3) is 0 Å². The van der Waals surface area contributed by atoms with Crippen LogP contribution < -0.4 is 0 Å². The van der Waals surface area contributed by atoms with E-state index in [1.54, 1.807) is 0 Å². The van der Waals surface area contributed by atoms with E-state index in [0.29, 0.717) is 0 Å². The lowest BCUT2D eigenvalue weighted by atomic mass is 10.1. The van der Waals surface area contributed by atoms with Gasteiger partial charge in [0.15, 0.2) is 0 Å². The number of hydrogen-bond acceptors (Lipinski definition) is 1. The molecule has 0 bridgehead atoms. The molecule has 0 unspecified atom stereocenters. The highest BCUT2D eigenvalue weighted by Gasteiger charge is 2.15. The number of ketones is 1. The third-order valence-corrected chi connectivity index (χ3v) is 4.88. The molecule has 0 N–H and O–H groups in total. The number of halogens is 1. The van der Waals surface area contributed by atoms with Gasteiger partial charge in [0.1, 0.15) is 0 Å². The molecule has 0 amide bonds. The van der Waals surface area contributed by atoms with Crippen molar-refractivity contribution in [3.8, 4) is 0 Å². The van der Waals surface area contributed by atoms with Gasteiger partial charge in [0.25, 0.3) is 0 Å². The van der Waals surface area contributed by atoms with Crippen LogP contribution in [0.3, 0.4) is 0 Å². The summed E-state index contributed by atoms with van der Waals surface area (Å²) in [7, 11) is 1.95. The fourth-order valence-electron chi connectivity index (χ4n) is 2.65. The normalized spacial score (nSPS) is 10.7. The summed E-state index contributed by atoms with van der Waals surface area (Å²) in [5.41, 5.74) is 4.93. The number of rotatable bonds is 4. The predicted molar refractivity (Wildman–Crippen MR) is 97.0 cm³/mol. The number of benzene rings is 2. The van der Waals surface area contributed by atoms with Crippen molar-refractivity contribution < 1.29 is 4.79 Å². The Morgan fingerprint density at radius 1 is 1.00 bits per heavy atom. The molecule has 0 aliphatic heterocycles. The molecule has 0 spiro atoms. The molecule has 2 aromatic carbocycles. The van der Waals surface area contributed by atoms with Gasteiger partial charge in [0.2, 0.25) is 5.78 Å². The second-order valence-electron chi connectivity index (χ2n) is 5.73. The lowest BCUT2D eigenvalue weighted by Gasteiger charge is -2.09. The molecule has 1 heterocycles. The lowest BCUT2D eigenvalue weighted by Crippen LogP contribution is -2.09. The SMILES string of the molecule is Cc1ccc(C(=O)c2ccc(Cc3ccccc3Br)n2C)cc1. The first-order chi connectivity index (χ1) is 11.1. The van der Waals surface area contributed by atoms with Crippen LogP contribution in [-0.2, 0) is 13.5 Å². The van der Waals surface area contributed by atoms with Crippen molar-refractivity contribution in [1.29, 1.82) is 0 Å². The number of aromatic nitrogens is 1. The van der Waals surface area contributed by atoms with Gasteiger partial charge in [0.05, 0.1) is 5.69 Å². The predicted octanol–water partition coefficient (Wildman–Crippen LogP) is 4.92. The lowest BCUT2D eigenvalue weighted by molar-refractivity contribution is 0.103. The van der Waals surface area contributed by atoms with Crippen LogP contribution in [0.1, 0.15) is 32.9 Å². The Morgan fingerprint density at radius 2 is 1.70 bits per heavy atom. The van der Waals surface area contributed by atoms with Crippen molar-refractivity contribution >= 4 is 21.7 Å². The van der Waals surface area contributed by atoms with Gasteiger partial charge in [-0.1, -0.05) is 64.0 Å². The van der Waals surface area contributed by atoms with E-state index < -0.39 is 0 Å². The molecule has 116 valence electrons. The van der Waals surface area contributed by atoms with Gasteiger partial charge >= 0.3 is 0 Å². The average molecular weight is 368 g/mol. The summed E-state index contributed by atoms with van der Waals surface area (Å²) in [6.07, 6.45) is 0.791. The first kappa shape index (κ1) is 15.8. The van der Waals surface area contributed by atoms with Crippen LogP contribution in [0, 0.1) is 6.92 Å². The van der Waals surface area contributed by atoms with Crippen molar-refractivity contribution in [2.75, 3.05) is 0 Å². The monoisotopic (exact) mass is 367 g/mol. The number of carbonyl (C=O) groups excluding carboxylic acids is 1. The molecule has 0 aliphatic carbocycles. The van der Waals surface area contributed by atoms with Gasteiger partial charge in [-0.2, -0.15) is 0 Å². The maximum Gasteiger partial charge on any atom is 0.209 e. The minimum absolute atomic E-state index is 0.0610. The molecule has 3 aromatic rings. The minimum Gasteiger partial charge on any atom is -0.345 e. The average Bonchev–Trinajstić information content (AvgIpc) is 2.91. The molecular weight excluding hydrogens is 350 g/mol. The number of hydrogen-bond donors (Lipinski definition) is 0. The van der Waals surface area contributed by atoms with Crippen molar-refractivity contribution in [2.24, 2.45) is 7.05 Å². The second-order valence-corrected chi connectivity index (χ2v) is 6.59. The third kappa shape index (κ3) is 3.30. The van der Waals surface area contributed by atoms with E-state index in [4.69, 9.17) is 0 Å². The smallest absolute Gasteiger partial charge is 0.209 e. The summed E-state index contributed by atoms with van der Waals surface area (Å²) in [4.78, 5) is 12.7. The summed E-state index contributed by atoms with van der Waals surface area (Å²) in [6.45, 7) is 2.02. The van der Waals surface area contributed by atoms with Crippen LogP contribution in [0.2, 0.25) is 0 Å². The Hall–Kier alpha value is -2.13. The van der Waals surface area contributed by atoms with Gasteiger partial charge in [-0.3, -0.25) is 4.79 Å². The second kappa shape index (κ2) is 6.55. The highest BCUT2D eigenvalue weighted by atomic mass is 79.9. The van der Waals surface area contributed by atoms with Crippen LogP contribution in [0.4, 0.5) is 0 Å². The Morgan fingerprint density at radius 3 is 2.39 bits per heavy atom. The topological polar surface area (TPSA) is 22.0 Å². The first-order valence-electron chi connectivity index (χ1n) is 7.55. The van der Waals surface area contributed by atoms with E-state index in [0.717, 1.165) is 33.4 Å². The Labute approximate surface area is 144 Å². The van der Waals surface area contributed by atoms with E-state index in [1.165, 1.54) is 5.56 Å². The zero-order chi connectivity index (χ0) is 16.4. The summed E-state index contributed by atoms with van der Waals surface area (Å²) in [5, 5.41) is 0. The Bertz CT molecular complexity index is 846. The molecule has 0 saturated heterocycles. The van der Waals surface area contributed by atoms with Crippen molar-refractivity contribution in [1.82, 2.24) is 4.57 Å². The quantitative estimate of drug-likeness (QED) is 0.600. The number of nitrogens with zero attached hydrogens (tertiary/aromatic N) is 1. The van der Waals surface area contributed by atoms with E-state index in [1.807, 2.05) is 73.1 Å². The van der Waals surface area contributed by atoms with Crippen LogP contribution in [-0.4, -0.2) is 10.4 Å². The van der Waals surface area contributed by atoms with E-state index >= 15 is 0 Å². The largest absolute Gasteiger partial charge is 0.345 e. The molecule has 3 heteroatoms. The minimum atomic E-state index is 0.0610. The maximum atomic E-state index is 12.7. The first-order valence-corrected chi connectivity index (χ1v) is 8.35. The summed E-state index contributed by atoms with van der Waals surface area (Å²) in [5.74, 6) is 0.0610. The van der Waals surface area contributed by atoms with Gasteiger partial charge in [-0.15, -0.1) is 0 Å².